The summed E-state index contributed by atoms with van der Waals surface area (Å²) in [6.07, 6.45) is -0.541. The predicted molar refractivity (Wildman–Crippen MR) is 76.1 cm³/mol. The first kappa shape index (κ1) is 15.3. The Morgan fingerprint density at radius 3 is 2.30 bits per heavy atom. The van der Waals surface area contributed by atoms with Crippen LogP contribution < -0.4 is 4.74 Å². The second-order valence-electron chi connectivity index (χ2n) is 5.50. The van der Waals surface area contributed by atoms with Crippen LogP contribution in [-0.2, 0) is 10.0 Å². The molecule has 2 rings (SSSR count). The van der Waals surface area contributed by atoms with Crippen LogP contribution in [0.25, 0.3) is 0 Å². The summed E-state index contributed by atoms with van der Waals surface area (Å²) in [5.74, 6) is 0.613. The molecular weight excluding hydrogens is 278 g/mol. The van der Waals surface area contributed by atoms with Crippen molar-refractivity contribution < 1.29 is 18.3 Å². The molecule has 0 unspecified atom stereocenters. The Balaban J connectivity index is 2.18. The Kier molecular flexibility index (Phi) is 4.36. The third kappa shape index (κ3) is 3.13. The highest BCUT2D eigenvalue weighted by Crippen LogP contribution is 2.25. The molecule has 1 fully saturated rings. The summed E-state index contributed by atoms with van der Waals surface area (Å²) in [6.45, 7) is 6.19. The molecule has 0 saturated carbocycles. The van der Waals surface area contributed by atoms with Gasteiger partial charge in [-0.15, -0.1) is 0 Å². The molecule has 0 bridgehead atoms. The number of β-amino-alcohol motifs (C(OH)–C–C–N with tert-alkyl or cyclic N) is 1. The Morgan fingerprint density at radius 2 is 1.85 bits per heavy atom. The largest absolute Gasteiger partial charge is 0.491 e. The Morgan fingerprint density at radius 1 is 1.25 bits per heavy atom. The fraction of sp³-hybridized carbons (Fsp3) is 0.571. The number of hydrogen-bond acceptors (Lipinski definition) is 4. The van der Waals surface area contributed by atoms with Gasteiger partial charge >= 0.3 is 0 Å². The molecule has 1 aromatic carbocycles. The van der Waals surface area contributed by atoms with Gasteiger partial charge in [-0.05, 0) is 44.0 Å². The van der Waals surface area contributed by atoms with Crippen LogP contribution >= 0.6 is 0 Å². The van der Waals surface area contributed by atoms with E-state index in [1.54, 1.807) is 24.3 Å². The molecule has 0 aromatic heterocycles. The van der Waals surface area contributed by atoms with Crippen LogP contribution in [0, 0.1) is 5.92 Å². The molecule has 1 aliphatic rings. The standard InChI is InChI=1S/C14H21NO4S/c1-10(2)19-12-4-6-13(7-5-12)20(17,18)15-8-11(3)14(16)9-15/h4-7,10-11,14,16H,8-9H2,1-3H3/t11-,14+/m0/s1. The maximum absolute atomic E-state index is 12.4. The minimum absolute atomic E-state index is 0.0340. The van der Waals surface area contributed by atoms with Crippen LogP contribution in [0.3, 0.4) is 0 Å². The van der Waals surface area contributed by atoms with E-state index in [1.807, 2.05) is 20.8 Å². The molecule has 0 amide bonds. The van der Waals surface area contributed by atoms with Crippen LogP contribution in [0.15, 0.2) is 29.2 Å². The van der Waals surface area contributed by atoms with Gasteiger partial charge in [-0.1, -0.05) is 6.92 Å². The molecule has 1 heterocycles. The lowest BCUT2D eigenvalue weighted by atomic mass is 10.1. The van der Waals surface area contributed by atoms with Crippen molar-refractivity contribution in [1.82, 2.24) is 4.31 Å². The van der Waals surface area contributed by atoms with Gasteiger partial charge in [0.25, 0.3) is 0 Å². The van der Waals surface area contributed by atoms with Gasteiger partial charge < -0.3 is 9.84 Å². The molecule has 1 N–H and O–H groups in total. The molecule has 6 heteroatoms. The van der Waals surface area contributed by atoms with Gasteiger partial charge in [-0.3, -0.25) is 0 Å². The van der Waals surface area contributed by atoms with Gasteiger partial charge in [-0.25, -0.2) is 8.42 Å². The van der Waals surface area contributed by atoms with E-state index < -0.39 is 16.1 Å². The number of aliphatic hydroxyl groups is 1. The fourth-order valence-electron chi connectivity index (χ4n) is 2.21. The Hall–Kier alpha value is -1.11. The molecule has 112 valence electrons. The van der Waals surface area contributed by atoms with Crippen molar-refractivity contribution in [1.29, 1.82) is 0 Å². The van der Waals surface area contributed by atoms with Crippen molar-refractivity contribution >= 4 is 10.0 Å². The van der Waals surface area contributed by atoms with Crippen molar-refractivity contribution in [2.24, 2.45) is 5.92 Å². The van der Waals surface area contributed by atoms with Crippen molar-refractivity contribution in [2.75, 3.05) is 13.1 Å². The molecule has 0 radical (unpaired) electrons. The molecule has 5 nitrogen and oxygen atoms in total. The summed E-state index contributed by atoms with van der Waals surface area (Å²) in [5.41, 5.74) is 0. The topological polar surface area (TPSA) is 66.8 Å². The van der Waals surface area contributed by atoms with Crippen LogP contribution in [0.2, 0.25) is 0 Å². The second kappa shape index (κ2) is 5.71. The number of benzene rings is 1. The first-order valence-corrected chi connectivity index (χ1v) is 8.19. The average molecular weight is 299 g/mol. The van der Waals surface area contributed by atoms with Crippen LogP contribution in [-0.4, -0.2) is 43.1 Å². The summed E-state index contributed by atoms with van der Waals surface area (Å²) < 4.78 is 31.7. The third-order valence-electron chi connectivity index (χ3n) is 3.37. The van der Waals surface area contributed by atoms with Crippen LogP contribution in [0.4, 0.5) is 0 Å². The van der Waals surface area contributed by atoms with E-state index >= 15 is 0 Å². The number of nitrogens with zero attached hydrogens (tertiary/aromatic N) is 1. The molecule has 1 saturated heterocycles. The number of hydrogen-bond donors (Lipinski definition) is 1. The average Bonchev–Trinajstić information content (AvgIpc) is 2.70. The Bertz CT molecular complexity index is 543. The van der Waals surface area contributed by atoms with Crippen molar-refractivity contribution in [3.8, 4) is 5.75 Å². The van der Waals surface area contributed by atoms with E-state index in [0.717, 1.165) is 0 Å². The van der Waals surface area contributed by atoms with Crippen molar-refractivity contribution in [3.05, 3.63) is 24.3 Å². The molecular formula is C14H21NO4S. The number of sulfonamides is 1. The number of rotatable bonds is 4. The van der Waals surface area contributed by atoms with Gasteiger partial charge in [0, 0.05) is 13.1 Å². The molecule has 1 aromatic rings. The Labute approximate surface area is 120 Å². The van der Waals surface area contributed by atoms with E-state index in [-0.39, 0.29) is 23.5 Å². The summed E-state index contributed by atoms with van der Waals surface area (Å²) in [4.78, 5) is 0.231. The highest BCUT2D eigenvalue weighted by Gasteiger charge is 2.36. The number of ether oxygens (including phenoxy) is 1. The highest BCUT2D eigenvalue weighted by molar-refractivity contribution is 7.89. The quantitative estimate of drug-likeness (QED) is 0.914. The fourth-order valence-corrected chi connectivity index (χ4v) is 3.77. The van der Waals surface area contributed by atoms with Gasteiger partial charge in [0.2, 0.25) is 10.0 Å². The lowest BCUT2D eigenvalue weighted by Gasteiger charge is -2.16. The van der Waals surface area contributed by atoms with Crippen LogP contribution in [0.1, 0.15) is 20.8 Å². The molecule has 1 aliphatic heterocycles. The van der Waals surface area contributed by atoms with E-state index in [4.69, 9.17) is 4.74 Å². The maximum atomic E-state index is 12.4. The van der Waals surface area contributed by atoms with Crippen molar-refractivity contribution in [2.45, 2.75) is 37.9 Å². The van der Waals surface area contributed by atoms with E-state index in [1.165, 1.54) is 4.31 Å². The molecule has 2 atom stereocenters. The maximum Gasteiger partial charge on any atom is 0.243 e. The lowest BCUT2D eigenvalue weighted by molar-refractivity contribution is 0.153. The molecule has 0 spiro atoms. The zero-order valence-electron chi connectivity index (χ0n) is 12.0. The van der Waals surface area contributed by atoms with E-state index in [0.29, 0.717) is 12.3 Å². The summed E-state index contributed by atoms with van der Waals surface area (Å²) >= 11 is 0. The monoisotopic (exact) mass is 299 g/mol. The second-order valence-corrected chi connectivity index (χ2v) is 7.44. The first-order valence-electron chi connectivity index (χ1n) is 6.75. The smallest absolute Gasteiger partial charge is 0.243 e. The van der Waals surface area contributed by atoms with Gasteiger partial charge in [0.1, 0.15) is 5.75 Å². The predicted octanol–water partition coefficient (Wildman–Crippen LogP) is 1.48. The van der Waals surface area contributed by atoms with E-state index in [9.17, 15) is 13.5 Å². The number of aliphatic hydroxyl groups excluding tert-OH is 1. The summed E-state index contributed by atoms with van der Waals surface area (Å²) in [6, 6.07) is 6.40. The van der Waals surface area contributed by atoms with E-state index in [2.05, 4.69) is 0 Å². The van der Waals surface area contributed by atoms with Gasteiger partial charge in [0.15, 0.2) is 0 Å². The van der Waals surface area contributed by atoms with Gasteiger partial charge in [0.05, 0.1) is 17.1 Å². The summed E-state index contributed by atoms with van der Waals surface area (Å²) in [5, 5.41) is 9.70. The lowest BCUT2D eigenvalue weighted by Crippen LogP contribution is -2.29. The SMILES string of the molecule is CC(C)Oc1ccc(S(=O)(=O)N2C[C@@H](O)[C@@H](C)C2)cc1. The van der Waals surface area contributed by atoms with Crippen LogP contribution in [0.5, 0.6) is 5.75 Å². The molecule has 0 aliphatic carbocycles. The zero-order valence-corrected chi connectivity index (χ0v) is 12.8. The van der Waals surface area contributed by atoms with Crippen molar-refractivity contribution in [3.63, 3.8) is 0 Å². The normalized spacial score (nSPS) is 24.2. The van der Waals surface area contributed by atoms with Gasteiger partial charge in [-0.2, -0.15) is 4.31 Å². The minimum atomic E-state index is -3.53. The first-order chi connectivity index (χ1) is 9.30. The zero-order chi connectivity index (χ0) is 14.9. The third-order valence-corrected chi connectivity index (χ3v) is 5.22. The highest BCUT2D eigenvalue weighted by atomic mass is 32.2. The molecule has 20 heavy (non-hydrogen) atoms. The minimum Gasteiger partial charge on any atom is -0.491 e. The summed E-state index contributed by atoms with van der Waals surface area (Å²) in [7, 11) is -3.53.